The largest absolute Gasteiger partial charge is 0.481 e. The first kappa shape index (κ1) is 12.8. The molecule has 1 aromatic heterocycles. The Kier molecular flexibility index (Phi) is 4.25. The number of hydrogen-bond acceptors (Lipinski definition) is 3. The van der Waals surface area contributed by atoms with Gasteiger partial charge in [0.15, 0.2) is 0 Å². The first-order valence-corrected chi connectivity index (χ1v) is 5.76. The summed E-state index contributed by atoms with van der Waals surface area (Å²) in [6.45, 7) is 0.575. The minimum atomic E-state index is -0.167. The highest BCUT2D eigenvalue weighted by molar-refractivity contribution is 5.94. The van der Waals surface area contributed by atoms with Crippen LogP contribution in [0.4, 0.5) is 0 Å². The van der Waals surface area contributed by atoms with Crippen molar-refractivity contribution in [2.24, 2.45) is 0 Å². The van der Waals surface area contributed by atoms with Crippen LogP contribution in [0.25, 0.3) is 0 Å². The zero-order valence-corrected chi connectivity index (χ0v) is 10.3. The normalized spacial score (nSPS) is 9.63. The van der Waals surface area contributed by atoms with Crippen LogP contribution in [0.3, 0.4) is 0 Å². The molecule has 4 heteroatoms. The van der Waals surface area contributed by atoms with Gasteiger partial charge in [0, 0.05) is 5.56 Å². The van der Waals surface area contributed by atoms with Crippen molar-refractivity contribution in [2.75, 3.05) is 6.61 Å². The topological polar surface area (TPSA) is 51.5 Å². The van der Waals surface area contributed by atoms with Crippen LogP contribution in [-0.4, -0.2) is 12.5 Å². The van der Waals surface area contributed by atoms with Gasteiger partial charge in [0.2, 0.25) is 0 Å². The summed E-state index contributed by atoms with van der Waals surface area (Å²) >= 11 is 0. The maximum atomic E-state index is 11.8. The Labute approximate surface area is 111 Å². The third-order valence-electron chi connectivity index (χ3n) is 2.44. The molecule has 1 N–H and O–H groups in total. The highest BCUT2D eigenvalue weighted by Gasteiger charge is 2.06. The van der Waals surface area contributed by atoms with Crippen molar-refractivity contribution >= 4 is 5.91 Å². The Balaban J connectivity index is 1.90. The highest BCUT2D eigenvalue weighted by Crippen LogP contribution is 2.12. The van der Waals surface area contributed by atoms with Gasteiger partial charge in [-0.25, -0.2) is 0 Å². The predicted molar refractivity (Wildman–Crippen MR) is 70.6 cm³/mol. The molecule has 2 aromatic rings. The van der Waals surface area contributed by atoms with Crippen molar-refractivity contribution in [3.05, 3.63) is 54.0 Å². The summed E-state index contributed by atoms with van der Waals surface area (Å²) in [5.74, 6) is 3.56. The minimum Gasteiger partial charge on any atom is -0.481 e. The van der Waals surface area contributed by atoms with Gasteiger partial charge in [-0.1, -0.05) is 5.92 Å². The van der Waals surface area contributed by atoms with Crippen LogP contribution in [0.2, 0.25) is 0 Å². The summed E-state index contributed by atoms with van der Waals surface area (Å²) in [5, 5.41) is 2.76. The number of ether oxygens (including phenoxy) is 1. The molecular formula is C15H13NO3. The van der Waals surface area contributed by atoms with Crippen LogP contribution in [0, 0.1) is 12.3 Å². The van der Waals surface area contributed by atoms with E-state index in [4.69, 9.17) is 15.6 Å². The summed E-state index contributed by atoms with van der Waals surface area (Å²) in [6.07, 6.45) is 6.66. The third-order valence-corrected chi connectivity index (χ3v) is 2.44. The number of furan rings is 1. The molecule has 96 valence electrons. The Bertz CT molecular complexity index is 564. The second kappa shape index (κ2) is 6.31. The lowest BCUT2D eigenvalue weighted by molar-refractivity contribution is 0.0948. The molecule has 0 atom stereocenters. The lowest BCUT2D eigenvalue weighted by Crippen LogP contribution is -2.22. The van der Waals surface area contributed by atoms with Gasteiger partial charge in [-0.2, -0.15) is 0 Å². The Morgan fingerprint density at radius 1 is 1.32 bits per heavy atom. The number of hydrogen-bond donors (Lipinski definition) is 1. The van der Waals surface area contributed by atoms with Crippen molar-refractivity contribution in [1.29, 1.82) is 0 Å². The van der Waals surface area contributed by atoms with Crippen molar-refractivity contribution in [3.8, 4) is 18.1 Å². The quantitative estimate of drug-likeness (QED) is 0.833. The number of amides is 1. The Morgan fingerprint density at radius 2 is 2.11 bits per heavy atom. The number of terminal acetylenes is 1. The molecule has 0 aliphatic heterocycles. The fourth-order valence-electron chi connectivity index (χ4n) is 1.51. The van der Waals surface area contributed by atoms with Gasteiger partial charge >= 0.3 is 0 Å². The molecule has 4 nitrogen and oxygen atoms in total. The molecule has 19 heavy (non-hydrogen) atoms. The average Bonchev–Trinajstić information content (AvgIpc) is 2.96. The zero-order chi connectivity index (χ0) is 13.5. The van der Waals surface area contributed by atoms with E-state index in [-0.39, 0.29) is 12.5 Å². The predicted octanol–water partition coefficient (Wildman–Crippen LogP) is 2.22. The molecule has 0 saturated carbocycles. The minimum absolute atomic E-state index is 0.167. The molecule has 0 saturated heterocycles. The molecule has 0 fully saturated rings. The van der Waals surface area contributed by atoms with Gasteiger partial charge in [0.1, 0.15) is 18.1 Å². The molecule has 0 radical (unpaired) electrons. The maximum Gasteiger partial charge on any atom is 0.251 e. The smallest absolute Gasteiger partial charge is 0.251 e. The van der Waals surface area contributed by atoms with Crippen molar-refractivity contribution in [2.45, 2.75) is 6.54 Å². The van der Waals surface area contributed by atoms with Crippen LogP contribution in [0.15, 0.2) is 47.1 Å². The zero-order valence-electron chi connectivity index (χ0n) is 10.3. The van der Waals surface area contributed by atoms with Crippen molar-refractivity contribution in [3.63, 3.8) is 0 Å². The molecule has 0 bridgehead atoms. The fraction of sp³-hybridized carbons (Fsp3) is 0.133. The monoisotopic (exact) mass is 255 g/mol. The Morgan fingerprint density at radius 3 is 2.74 bits per heavy atom. The van der Waals surface area contributed by atoms with Gasteiger partial charge in [0.25, 0.3) is 5.91 Å². The van der Waals surface area contributed by atoms with E-state index in [0.29, 0.717) is 23.6 Å². The number of benzene rings is 1. The van der Waals surface area contributed by atoms with Gasteiger partial charge < -0.3 is 14.5 Å². The Hall–Kier alpha value is -2.67. The van der Waals surface area contributed by atoms with E-state index in [9.17, 15) is 4.79 Å². The second-order valence-corrected chi connectivity index (χ2v) is 3.78. The summed E-state index contributed by atoms with van der Waals surface area (Å²) < 4.78 is 10.4. The third kappa shape index (κ3) is 3.65. The summed E-state index contributed by atoms with van der Waals surface area (Å²) in [6, 6.07) is 10.4. The first-order valence-electron chi connectivity index (χ1n) is 5.76. The molecule has 0 spiro atoms. The van der Waals surface area contributed by atoms with E-state index in [2.05, 4.69) is 11.2 Å². The van der Waals surface area contributed by atoms with E-state index in [1.165, 1.54) is 0 Å². The van der Waals surface area contributed by atoms with Crippen LogP contribution in [0.1, 0.15) is 16.1 Å². The van der Waals surface area contributed by atoms with Crippen molar-refractivity contribution < 1.29 is 13.9 Å². The molecule has 0 aliphatic carbocycles. The number of rotatable bonds is 5. The first-order chi connectivity index (χ1) is 9.29. The molecule has 1 heterocycles. The molecule has 1 amide bonds. The molecule has 0 unspecified atom stereocenters. The molecule has 2 rings (SSSR count). The van der Waals surface area contributed by atoms with Crippen LogP contribution < -0.4 is 10.1 Å². The maximum absolute atomic E-state index is 11.8. The van der Waals surface area contributed by atoms with Gasteiger partial charge in [-0.05, 0) is 36.4 Å². The van der Waals surface area contributed by atoms with E-state index in [0.717, 1.165) is 0 Å². The molecule has 1 aromatic carbocycles. The number of carbonyl (C=O) groups is 1. The summed E-state index contributed by atoms with van der Waals surface area (Å²) in [4.78, 5) is 11.8. The van der Waals surface area contributed by atoms with E-state index in [1.807, 2.05) is 0 Å². The molecular weight excluding hydrogens is 242 g/mol. The SMILES string of the molecule is C#CCOc1ccc(C(=O)NCc2ccco2)cc1. The second-order valence-electron chi connectivity index (χ2n) is 3.78. The van der Waals surface area contributed by atoms with Gasteiger partial charge in [0.05, 0.1) is 12.8 Å². The lowest BCUT2D eigenvalue weighted by atomic mass is 10.2. The van der Waals surface area contributed by atoms with Crippen LogP contribution in [0.5, 0.6) is 5.75 Å². The number of nitrogens with one attached hydrogen (secondary N) is 1. The van der Waals surface area contributed by atoms with Crippen LogP contribution in [-0.2, 0) is 6.54 Å². The van der Waals surface area contributed by atoms with Crippen molar-refractivity contribution in [1.82, 2.24) is 5.32 Å². The van der Waals surface area contributed by atoms with E-state index < -0.39 is 0 Å². The average molecular weight is 255 g/mol. The van der Waals surface area contributed by atoms with Gasteiger partial charge in [-0.3, -0.25) is 4.79 Å². The summed E-state index contributed by atoms with van der Waals surface area (Å²) in [7, 11) is 0. The lowest BCUT2D eigenvalue weighted by Gasteiger charge is -2.05. The highest BCUT2D eigenvalue weighted by atomic mass is 16.5. The van der Waals surface area contributed by atoms with Crippen LogP contribution >= 0.6 is 0 Å². The molecule has 0 aliphatic rings. The summed E-state index contributed by atoms with van der Waals surface area (Å²) in [5.41, 5.74) is 0.555. The standard InChI is InChI=1S/C15H13NO3/c1-2-9-18-13-7-5-12(6-8-13)15(17)16-11-14-4-3-10-19-14/h1,3-8,10H,9,11H2,(H,16,17). The van der Waals surface area contributed by atoms with Gasteiger partial charge in [-0.15, -0.1) is 6.42 Å². The van der Waals surface area contributed by atoms with E-state index >= 15 is 0 Å². The number of carbonyl (C=O) groups excluding carboxylic acids is 1. The fourth-order valence-corrected chi connectivity index (χ4v) is 1.51. The van der Waals surface area contributed by atoms with E-state index in [1.54, 1.807) is 42.7 Å².